The number of ether oxygens (including phenoxy) is 1. The van der Waals surface area contributed by atoms with Crippen LogP contribution in [0.5, 0.6) is 5.75 Å². The smallest absolute Gasteiger partial charge is 0.405 e. The van der Waals surface area contributed by atoms with Crippen LogP contribution in [0, 0.1) is 9.49 Å². The Morgan fingerprint density at radius 3 is 2.56 bits per heavy atom. The molecule has 0 aliphatic rings. The van der Waals surface area contributed by atoms with E-state index in [1.54, 1.807) is 47.7 Å². The highest BCUT2D eigenvalue weighted by molar-refractivity contribution is 14.1. The Morgan fingerprint density at radius 1 is 1.44 bits per heavy atom. The largest absolute Gasteiger partial charge is 0.573 e. The number of allylic oxidation sites excluding steroid dienone is 1. The molecule has 1 nitrogen and oxygen atoms in total. The molecule has 0 saturated carbocycles. The lowest BCUT2D eigenvalue weighted by atomic mass is 10.0. The molecule has 0 unspecified atom stereocenters. The van der Waals surface area contributed by atoms with Crippen LogP contribution >= 0.6 is 22.6 Å². The van der Waals surface area contributed by atoms with Gasteiger partial charge in [-0.2, -0.15) is 0 Å². The monoisotopic (exact) mass is 341 g/mol. The summed E-state index contributed by atoms with van der Waals surface area (Å²) < 4.78 is 40.6. The van der Waals surface area contributed by atoms with E-state index in [2.05, 4.69) is 11.3 Å². The maximum atomic E-state index is 12.1. The molecule has 0 aliphatic carbocycles. The van der Waals surface area contributed by atoms with E-state index in [-0.39, 0.29) is 5.75 Å². The van der Waals surface area contributed by atoms with Gasteiger partial charge in [-0.25, -0.2) is 0 Å². The van der Waals surface area contributed by atoms with Gasteiger partial charge in [0.05, 0.1) is 3.57 Å². The van der Waals surface area contributed by atoms with E-state index in [1.165, 1.54) is 6.07 Å². The minimum Gasteiger partial charge on any atom is -0.405 e. The average molecular weight is 341 g/mol. The number of rotatable bonds is 3. The number of hydrogen-bond donors (Lipinski definition) is 0. The topological polar surface area (TPSA) is 9.23 Å². The van der Waals surface area contributed by atoms with Crippen molar-refractivity contribution in [2.24, 2.45) is 0 Å². The van der Waals surface area contributed by atoms with Gasteiger partial charge in [0, 0.05) is 5.92 Å². The zero-order chi connectivity index (χ0) is 12.3. The highest BCUT2D eigenvalue weighted by atomic mass is 127. The van der Waals surface area contributed by atoms with Gasteiger partial charge < -0.3 is 4.74 Å². The molecule has 5 heteroatoms. The van der Waals surface area contributed by atoms with Crippen molar-refractivity contribution in [1.29, 1.82) is 0 Å². The minimum absolute atomic E-state index is 0.188. The van der Waals surface area contributed by atoms with Gasteiger partial charge in [0.15, 0.2) is 0 Å². The van der Waals surface area contributed by atoms with Crippen LogP contribution in [-0.2, 0) is 0 Å². The zero-order valence-corrected chi connectivity index (χ0v) is 10.6. The Morgan fingerprint density at radius 2 is 2.06 bits per heavy atom. The lowest BCUT2D eigenvalue weighted by molar-refractivity contribution is -0.274. The van der Waals surface area contributed by atoms with Crippen LogP contribution in [0.2, 0.25) is 0 Å². The maximum absolute atomic E-state index is 12.1. The van der Waals surface area contributed by atoms with Gasteiger partial charge in [-0.3, -0.25) is 0 Å². The quantitative estimate of drug-likeness (QED) is 0.744. The normalized spacial score (nSPS) is 11.6. The van der Waals surface area contributed by atoms with Gasteiger partial charge >= 0.3 is 6.36 Å². The molecule has 0 amide bonds. The lowest BCUT2D eigenvalue weighted by Gasteiger charge is -2.13. The Kier molecular flexibility index (Phi) is 4.23. The Hall–Kier alpha value is -0.720. The van der Waals surface area contributed by atoms with Crippen LogP contribution in [0.3, 0.4) is 0 Å². The molecular formula is C11H9F3IO. The lowest BCUT2D eigenvalue weighted by Crippen LogP contribution is -2.18. The van der Waals surface area contributed by atoms with Gasteiger partial charge in [-0.1, -0.05) is 19.1 Å². The molecule has 0 spiro atoms. The molecule has 0 saturated heterocycles. The molecule has 0 aliphatic heterocycles. The summed E-state index contributed by atoms with van der Waals surface area (Å²) in [6.45, 7) is 5.33. The second-order valence-electron chi connectivity index (χ2n) is 3.08. The van der Waals surface area contributed by atoms with Crippen molar-refractivity contribution < 1.29 is 17.9 Å². The molecule has 0 N–H and O–H groups in total. The first-order chi connectivity index (χ1) is 7.33. The predicted molar refractivity (Wildman–Crippen MR) is 64.1 cm³/mol. The summed E-state index contributed by atoms with van der Waals surface area (Å²) in [5.74, 6) is 0.607. The molecule has 1 rings (SSSR count). The number of hydrogen-bond acceptors (Lipinski definition) is 1. The predicted octanol–water partition coefficient (Wildman–Crippen LogP) is 4.32. The third kappa shape index (κ3) is 3.70. The van der Waals surface area contributed by atoms with Gasteiger partial charge in [0.25, 0.3) is 0 Å². The van der Waals surface area contributed by atoms with Gasteiger partial charge in [0.1, 0.15) is 5.75 Å². The van der Waals surface area contributed by atoms with E-state index >= 15 is 0 Å². The third-order valence-electron chi connectivity index (χ3n) is 1.92. The molecule has 87 valence electrons. The first-order valence-corrected chi connectivity index (χ1v) is 5.43. The Bertz CT molecular complexity index is 387. The molecule has 0 atom stereocenters. The van der Waals surface area contributed by atoms with Crippen molar-refractivity contribution in [3.05, 3.63) is 45.9 Å². The summed E-state index contributed by atoms with van der Waals surface area (Å²) in [5.41, 5.74) is 0.662. The van der Waals surface area contributed by atoms with Crippen LogP contribution in [0.4, 0.5) is 13.2 Å². The molecule has 0 bridgehead atoms. The van der Waals surface area contributed by atoms with Crippen molar-refractivity contribution in [2.45, 2.75) is 13.3 Å². The van der Waals surface area contributed by atoms with Crippen molar-refractivity contribution in [2.75, 3.05) is 0 Å². The molecule has 1 radical (unpaired) electrons. The van der Waals surface area contributed by atoms with Crippen molar-refractivity contribution in [3.63, 3.8) is 0 Å². The third-order valence-corrected chi connectivity index (χ3v) is 2.81. The average Bonchev–Trinajstić information content (AvgIpc) is 2.18. The van der Waals surface area contributed by atoms with Crippen LogP contribution < -0.4 is 4.74 Å². The molecule has 16 heavy (non-hydrogen) atoms. The molecule has 1 aromatic rings. The first-order valence-electron chi connectivity index (χ1n) is 4.35. The van der Waals surface area contributed by atoms with Crippen molar-refractivity contribution in [3.8, 4) is 5.75 Å². The van der Waals surface area contributed by atoms with E-state index in [9.17, 15) is 13.2 Å². The van der Waals surface area contributed by atoms with Crippen LogP contribution in [0.15, 0.2) is 30.9 Å². The van der Waals surface area contributed by atoms with E-state index in [0.29, 0.717) is 9.13 Å². The number of benzene rings is 1. The maximum Gasteiger partial charge on any atom is 0.573 e. The van der Waals surface area contributed by atoms with E-state index in [4.69, 9.17) is 0 Å². The van der Waals surface area contributed by atoms with E-state index in [1.807, 2.05) is 0 Å². The zero-order valence-electron chi connectivity index (χ0n) is 8.44. The van der Waals surface area contributed by atoms with Crippen LogP contribution in [0.25, 0.3) is 0 Å². The molecular weight excluding hydrogens is 332 g/mol. The fourth-order valence-electron chi connectivity index (χ4n) is 1.07. The van der Waals surface area contributed by atoms with Gasteiger partial charge in [0.2, 0.25) is 0 Å². The minimum atomic E-state index is -4.67. The Balaban J connectivity index is 3.04. The first kappa shape index (κ1) is 13.3. The summed E-state index contributed by atoms with van der Waals surface area (Å²) >= 11 is 1.79. The van der Waals surface area contributed by atoms with Gasteiger partial charge in [-0.15, -0.1) is 19.8 Å². The van der Waals surface area contributed by atoms with Crippen LogP contribution in [0.1, 0.15) is 12.5 Å². The highest BCUT2D eigenvalue weighted by Gasteiger charge is 2.32. The summed E-state index contributed by atoms with van der Waals surface area (Å²) in [4.78, 5) is 0. The number of alkyl halides is 3. The second kappa shape index (κ2) is 5.07. The van der Waals surface area contributed by atoms with Gasteiger partial charge in [-0.05, 0) is 40.3 Å². The second-order valence-corrected chi connectivity index (χ2v) is 4.24. The molecule has 0 aromatic heterocycles. The summed E-state index contributed by atoms with van der Waals surface area (Å²) in [7, 11) is 0. The standard InChI is InChI=1S/C11H9F3IO/c1-3-7(2)8-4-5-9(15)10(6-8)16-11(12,13)14/h3-6H,1H2,2H3. The summed E-state index contributed by atoms with van der Waals surface area (Å²) in [5, 5.41) is 0. The van der Waals surface area contributed by atoms with Crippen molar-refractivity contribution in [1.82, 2.24) is 0 Å². The van der Waals surface area contributed by atoms with E-state index < -0.39 is 6.36 Å². The fraction of sp³-hybridized carbons (Fsp3) is 0.182. The van der Waals surface area contributed by atoms with Crippen molar-refractivity contribution >= 4 is 22.6 Å². The molecule has 0 fully saturated rings. The van der Waals surface area contributed by atoms with E-state index in [0.717, 1.165) is 5.92 Å². The fourth-order valence-corrected chi connectivity index (χ4v) is 1.51. The highest BCUT2D eigenvalue weighted by Crippen LogP contribution is 2.30. The molecule has 0 heterocycles. The van der Waals surface area contributed by atoms with Crippen LogP contribution in [-0.4, -0.2) is 6.36 Å². The SMILES string of the molecule is C=C[C](C)c1ccc(I)c(OC(F)(F)F)c1. The molecule has 1 aromatic carbocycles. The summed E-state index contributed by atoms with van der Waals surface area (Å²) in [6.07, 6.45) is -3.08. The summed E-state index contributed by atoms with van der Waals surface area (Å²) in [6, 6.07) is 4.65. The Labute approximate surface area is 105 Å². The number of halogens is 4.